The number of carbonyl (C=O) groups excluding carboxylic acids is 2. The lowest BCUT2D eigenvalue weighted by molar-refractivity contribution is -0.127. The summed E-state index contributed by atoms with van der Waals surface area (Å²) in [6, 6.07) is 13.1. The second kappa shape index (κ2) is 10.6. The Morgan fingerprint density at radius 1 is 1.19 bits per heavy atom. The maximum absolute atomic E-state index is 12.8. The van der Waals surface area contributed by atoms with Crippen molar-refractivity contribution in [1.82, 2.24) is 10.2 Å². The molecule has 1 heterocycles. The Kier molecular flexibility index (Phi) is 7.93. The number of ether oxygens (including phenoxy) is 1. The van der Waals surface area contributed by atoms with Crippen LogP contribution in [0.15, 0.2) is 42.5 Å². The molecule has 1 fully saturated rings. The number of rotatable bonds is 7. The third kappa shape index (κ3) is 5.99. The molecule has 0 aromatic heterocycles. The highest BCUT2D eigenvalue weighted by Crippen LogP contribution is 2.31. The van der Waals surface area contributed by atoms with Gasteiger partial charge in [-0.05, 0) is 57.0 Å². The molecule has 0 spiro atoms. The highest BCUT2D eigenvalue weighted by molar-refractivity contribution is 6.31. The van der Waals surface area contributed by atoms with Crippen molar-refractivity contribution in [1.29, 1.82) is 0 Å². The molecule has 0 saturated carbocycles. The molecular formula is C24H30ClN3O3. The normalized spacial score (nSPS) is 15.9. The number of hydrogen-bond donors (Lipinski definition) is 2. The summed E-state index contributed by atoms with van der Waals surface area (Å²) in [5.41, 5.74) is 2.57. The minimum Gasteiger partial charge on any atom is -0.495 e. The van der Waals surface area contributed by atoms with Gasteiger partial charge in [0.2, 0.25) is 11.8 Å². The number of likely N-dealkylation sites (tertiary alicyclic amines) is 1. The molecule has 1 unspecified atom stereocenters. The van der Waals surface area contributed by atoms with Crippen molar-refractivity contribution < 1.29 is 14.3 Å². The zero-order chi connectivity index (χ0) is 22.4. The van der Waals surface area contributed by atoms with Crippen molar-refractivity contribution in [3.05, 3.63) is 58.6 Å². The van der Waals surface area contributed by atoms with E-state index in [1.54, 1.807) is 13.2 Å². The van der Waals surface area contributed by atoms with Crippen LogP contribution in [0.2, 0.25) is 5.02 Å². The molecule has 1 atom stereocenters. The molecule has 2 N–H and O–H groups in total. The van der Waals surface area contributed by atoms with E-state index in [9.17, 15) is 9.59 Å². The molecule has 2 aromatic rings. The zero-order valence-electron chi connectivity index (χ0n) is 18.3. The van der Waals surface area contributed by atoms with Crippen molar-refractivity contribution >= 4 is 29.1 Å². The maximum Gasteiger partial charge on any atom is 0.241 e. The van der Waals surface area contributed by atoms with Gasteiger partial charge in [0.25, 0.3) is 0 Å². The molecule has 0 radical (unpaired) electrons. The summed E-state index contributed by atoms with van der Waals surface area (Å²) in [4.78, 5) is 27.5. The van der Waals surface area contributed by atoms with Gasteiger partial charge in [-0.2, -0.15) is 0 Å². The largest absolute Gasteiger partial charge is 0.495 e. The lowest BCUT2D eigenvalue weighted by Gasteiger charge is -2.34. The topological polar surface area (TPSA) is 70.7 Å². The number of nitrogens with one attached hydrogen (secondary N) is 2. The Labute approximate surface area is 188 Å². The van der Waals surface area contributed by atoms with Crippen LogP contribution in [-0.4, -0.2) is 43.0 Å². The number of piperidine rings is 1. The van der Waals surface area contributed by atoms with E-state index in [4.69, 9.17) is 16.3 Å². The van der Waals surface area contributed by atoms with Crippen LogP contribution in [0.4, 0.5) is 5.69 Å². The molecule has 6 nitrogen and oxygen atoms in total. The van der Waals surface area contributed by atoms with Crippen LogP contribution < -0.4 is 15.4 Å². The predicted molar refractivity (Wildman–Crippen MR) is 123 cm³/mol. The molecule has 1 aliphatic rings. The SMILES string of the molecule is COc1cc(Cl)c(C)cc1NC(=O)C(C)N1CCC(C(=O)NCc2ccccc2)CC1. The van der Waals surface area contributed by atoms with E-state index in [1.165, 1.54) is 0 Å². The molecule has 2 aromatic carbocycles. The molecule has 0 aliphatic carbocycles. The number of halogens is 1. The smallest absolute Gasteiger partial charge is 0.241 e. The fourth-order valence-corrected chi connectivity index (χ4v) is 3.96. The van der Waals surface area contributed by atoms with E-state index >= 15 is 0 Å². The molecule has 2 amide bonds. The van der Waals surface area contributed by atoms with Crippen molar-refractivity contribution in [3.63, 3.8) is 0 Å². The molecule has 7 heteroatoms. The third-order valence-corrected chi connectivity index (χ3v) is 6.28. The van der Waals surface area contributed by atoms with Crippen molar-refractivity contribution in [2.24, 2.45) is 5.92 Å². The average Bonchev–Trinajstić information content (AvgIpc) is 2.80. The molecule has 1 aliphatic heterocycles. The van der Waals surface area contributed by atoms with E-state index in [-0.39, 0.29) is 23.8 Å². The minimum atomic E-state index is -0.311. The molecule has 0 bridgehead atoms. The van der Waals surface area contributed by atoms with Crippen molar-refractivity contribution in [3.8, 4) is 5.75 Å². The second-order valence-electron chi connectivity index (χ2n) is 7.98. The van der Waals surface area contributed by atoms with Gasteiger partial charge in [0, 0.05) is 23.6 Å². The van der Waals surface area contributed by atoms with E-state index in [0.29, 0.717) is 36.1 Å². The van der Waals surface area contributed by atoms with Gasteiger partial charge in [-0.3, -0.25) is 14.5 Å². The first-order valence-electron chi connectivity index (χ1n) is 10.6. The number of aryl methyl sites for hydroxylation is 1. The van der Waals surface area contributed by atoms with E-state index in [1.807, 2.05) is 50.2 Å². The van der Waals surface area contributed by atoms with Crippen molar-refractivity contribution in [2.45, 2.75) is 39.3 Å². The minimum absolute atomic E-state index is 0.0192. The standard InChI is InChI=1S/C24H30ClN3O3/c1-16-13-21(22(31-3)14-20(16)25)27-23(29)17(2)28-11-9-19(10-12-28)24(30)26-15-18-7-5-4-6-8-18/h4-8,13-14,17,19H,9-12,15H2,1-3H3,(H,26,30)(H,27,29). The van der Waals surface area contributed by atoms with Gasteiger partial charge >= 0.3 is 0 Å². The zero-order valence-corrected chi connectivity index (χ0v) is 19.0. The number of anilines is 1. The molecular weight excluding hydrogens is 414 g/mol. The molecule has 31 heavy (non-hydrogen) atoms. The van der Waals surface area contributed by atoms with E-state index < -0.39 is 0 Å². The van der Waals surface area contributed by atoms with Gasteiger partial charge in [0.1, 0.15) is 5.75 Å². The summed E-state index contributed by atoms with van der Waals surface area (Å²) in [6.07, 6.45) is 1.48. The third-order valence-electron chi connectivity index (χ3n) is 5.88. The van der Waals surface area contributed by atoms with E-state index in [2.05, 4.69) is 15.5 Å². The quantitative estimate of drug-likeness (QED) is 0.678. The fourth-order valence-electron chi connectivity index (χ4n) is 3.81. The first kappa shape index (κ1) is 23.1. The molecule has 166 valence electrons. The van der Waals surface area contributed by atoms with Crippen LogP contribution in [0.3, 0.4) is 0 Å². The summed E-state index contributed by atoms with van der Waals surface area (Å²) in [6.45, 7) is 5.72. The fraction of sp³-hybridized carbons (Fsp3) is 0.417. The first-order chi connectivity index (χ1) is 14.9. The number of nitrogens with zero attached hydrogens (tertiary/aromatic N) is 1. The second-order valence-corrected chi connectivity index (χ2v) is 8.39. The number of methoxy groups -OCH3 is 1. The summed E-state index contributed by atoms with van der Waals surface area (Å²) in [5, 5.41) is 6.58. The Bertz CT molecular complexity index is 912. The van der Waals surface area contributed by atoms with Gasteiger partial charge in [0.15, 0.2) is 0 Å². The van der Waals surface area contributed by atoms with Crippen LogP contribution in [0.5, 0.6) is 5.75 Å². The van der Waals surface area contributed by atoms with Gasteiger partial charge in [0.05, 0.1) is 18.8 Å². The van der Waals surface area contributed by atoms with Crippen LogP contribution in [0.25, 0.3) is 0 Å². The lowest BCUT2D eigenvalue weighted by Crippen LogP contribution is -2.48. The molecule has 1 saturated heterocycles. The Hall–Kier alpha value is -2.57. The molecule has 3 rings (SSSR count). The van der Waals surface area contributed by atoms with Crippen molar-refractivity contribution in [2.75, 3.05) is 25.5 Å². The van der Waals surface area contributed by atoms with E-state index in [0.717, 1.165) is 24.0 Å². The van der Waals surface area contributed by atoms with Gasteiger partial charge in [-0.15, -0.1) is 0 Å². The number of carbonyl (C=O) groups is 2. The summed E-state index contributed by atoms with van der Waals surface area (Å²) in [7, 11) is 1.55. The monoisotopic (exact) mass is 443 g/mol. The van der Waals surface area contributed by atoms with Crippen LogP contribution in [-0.2, 0) is 16.1 Å². The Morgan fingerprint density at radius 2 is 1.87 bits per heavy atom. The number of hydrogen-bond acceptors (Lipinski definition) is 4. The van der Waals surface area contributed by atoms with Gasteiger partial charge in [-0.25, -0.2) is 0 Å². The number of amides is 2. The van der Waals surface area contributed by atoms with Crippen LogP contribution in [0.1, 0.15) is 30.9 Å². The first-order valence-corrected chi connectivity index (χ1v) is 11.0. The van der Waals surface area contributed by atoms with Crippen LogP contribution >= 0.6 is 11.6 Å². The summed E-state index contributed by atoms with van der Waals surface area (Å²) in [5.74, 6) is 0.494. The average molecular weight is 444 g/mol. The van der Waals surface area contributed by atoms with Crippen LogP contribution in [0, 0.1) is 12.8 Å². The summed E-state index contributed by atoms with van der Waals surface area (Å²) < 4.78 is 5.35. The van der Waals surface area contributed by atoms with Gasteiger partial charge < -0.3 is 15.4 Å². The number of benzene rings is 2. The highest BCUT2D eigenvalue weighted by Gasteiger charge is 2.30. The lowest BCUT2D eigenvalue weighted by atomic mass is 9.94. The predicted octanol–water partition coefficient (Wildman–Crippen LogP) is 4.01. The Balaban J connectivity index is 1.50. The summed E-state index contributed by atoms with van der Waals surface area (Å²) >= 11 is 6.15. The maximum atomic E-state index is 12.8. The Morgan fingerprint density at radius 3 is 2.52 bits per heavy atom. The van der Waals surface area contributed by atoms with Gasteiger partial charge in [-0.1, -0.05) is 41.9 Å². The highest BCUT2D eigenvalue weighted by atomic mass is 35.5.